The molecule has 0 saturated carbocycles. The molecule has 0 aliphatic carbocycles. The van der Waals surface area contributed by atoms with Gasteiger partial charge in [-0.05, 0) is 32.9 Å². The van der Waals surface area contributed by atoms with Crippen LogP contribution in [0.3, 0.4) is 0 Å². The number of ether oxygens (including phenoxy) is 1. The van der Waals surface area contributed by atoms with Crippen LogP contribution in [0.25, 0.3) is 5.69 Å². The lowest BCUT2D eigenvalue weighted by atomic mass is 10.1. The molecule has 1 N–H and O–H groups in total. The molecule has 0 saturated heterocycles. The van der Waals surface area contributed by atoms with E-state index in [0.717, 1.165) is 5.69 Å². The minimum atomic E-state index is -0.444. The summed E-state index contributed by atoms with van der Waals surface area (Å²) in [6, 6.07) is 7.35. The number of hydrogen-bond acceptors (Lipinski definition) is 6. The summed E-state index contributed by atoms with van der Waals surface area (Å²) in [5.41, 5.74) is 0.517. The number of carbonyl (C=O) groups excluding carboxylic acids is 1. The fourth-order valence-corrected chi connectivity index (χ4v) is 2.06. The second-order valence-electron chi connectivity index (χ2n) is 6.39. The summed E-state index contributed by atoms with van der Waals surface area (Å²) in [6.07, 6.45) is 3.13. The summed E-state index contributed by atoms with van der Waals surface area (Å²) in [7, 11) is 1.59. The molecule has 1 aromatic carbocycles. The van der Waals surface area contributed by atoms with Gasteiger partial charge in [0.1, 0.15) is 12.1 Å². The van der Waals surface area contributed by atoms with Crippen LogP contribution >= 0.6 is 0 Å². The average Bonchev–Trinajstić information content (AvgIpc) is 3.24. The number of hydrogen-bond donors (Lipinski definition) is 1. The van der Waals surface area contributed by atoms with Crippen molar-refractivity contribution in [3.8, 4) is 11.4 Å². The van der Waals surface area contributed by atoms with Crippen LogP contribution in [0.4, 0.5) is 5.82 Å². The molecule has 0 bridgehead atoms. The van der Waals surface area contributed by atoms with E-state index in [4.69, 9.17) is 4.74 Å². The van der Waals surface area contributed by atoms with E-state index in [1.807, 2.05) is 45.0 Å². The third-order valence-electron chi connectivity index (χ3n) is 3.44. The lowest BCUT2D eigenvalue weighted by molar-refractivity contribution is 0.101. The van der Waals surface area contributed by atoms with E-state index < -0.39 is 5.91 Å². The highest BCUT2D eigenvalue weighted by molar-refractivity contribution is 6.00. The van der Waals surface area contributed by atoms with Gasteiger partial charge >= 0.3 is 0 Å². The van der Waals surface area contributed by atoms with Crippen molar-refractivity contribution in [3.05, 3.63) is 42.6 Å². The number of rotatable bonds is 4. The van der Waals surface area contributed by atoms with Gasteiger partial charge in [0.25, 0.3) is 5.91 Å². The van der Waals surface area contributed by atoms with Gasteiger partial charge in [0.05, 0.1) is 24.5 Å². The van der Waals surface area contributed by atoms with E-state index in [1.165, 1.54) is 6.33 Å². The zero-order valence-corrected chi connectivity index (χ0v) is 14.5. The highest BCUT2D eigenvalue weighted by Gasteiger charge is 2.19. The Hall–Kier alpha value is -3.23. The van der Waals surface area contributed by atoms with Crippen molar-refractivity contribution in [2.24, 2.45) is 0 Å². The van der Waals surface area contributed by atoms with Crippen LogP contribution in [0, 0.1) is 0 Å². The summed E-state index contributed by atoms with van der Waals surface area (Å²) in [6.45, 7) is 5.93. The van der Waals surface area contributed by atoms with Crippen molar-refractivity contribution in [1.29, 1.82) is 0 Å². The molecule has 3 aromatic rings. The zero-order valence-electron chi connectivity index (χ0n) is 14.5. The van der Waals surface area contributed by atoms with Gasteiger partial charge in [-0.3, -0.25) is 4.79 Å². The molecule has 2 aromatic heterocycles. The van der Waals surface area contributed by atoms with Gasteiger partial charge in [-0.2, -0.15) is 0 Å². The maximum Gasteiger partial charge on any atom is 0.296 e. The quantitative estimate of drug-likeness (QED) is 0.778. The fraction of sp³-hybridized carbons (Fsp3) is 0.312. The maximum absolute atomic E-state index is 12.3. The molecule has 0 aliphatic heterocycles. The van der Waals surface area contributed by atoms with Crippen LogP contribution in [-0.2, 0) is 5.54 Å². The van der Waals surface area contributed by atoms with Crippen molar-refractivity contribution in [2.45, 2.75) is 26.3 Å². The first-order chi connectivity index (χ1) is 11.9. The van der Waals surface area contributed by atoms with Crippen molar-refractivity contribution >= 4 is 11.7 Å². The van der Waals surface area contributed by atoms with Gasteiger partial charge < -0.3 is 10.1 Å². The summed E-state index contributed by atoms with van der Waals surface area (Å²) in [5, 5.41) is 14.8. The number of aromatic nitrogens is 6. The van der Waals surface area contributed by atoms with Crippen LogP contribution in [-0.4, -0.2) is 42.8 Å². The van der Waals surface area contributed by atoms with Gasteiger partial charge in [-0.1, -0.05) is 11.3 Å². The molecular formula is C16H19N7O2. The largest absolute Gasteiger partial charge is 0.497 e. The van der Waals surface area contributed by atoms with Crippen molar-refractivity contribution in [3.63, 3.8) is 0 Å². The SMILES string of the molecule is COc1cccc(-n2cc(NC(=O)c3ncn(C(C)(C)C)n3)nn2)c1. The molecular weight excluding hydrogens is 322 g/mol. The number of methoxy groups -OCH3 is 1. The Morgan fingerprint density at radius 2 is 2.08 bits per heavy atom. The Bertz CT molecular complexity index is 892. The maximum atomic E-state index is 12.3. The van der Waals surface area contributed by atoms with Gasteiger partial charge in [0, 0.05) is 6.07 Å². The second-order valence-corrected chi connectivity index (χ2v) is 6.39. The molecule has 0 atom stereocenters. The lowest BCUT2D eigenvalue weighted by Crippen LogP contribution is -2.23. The Labute approximate surface area is 144 Å². The van der Waals surface area contributed by atoms with E-state index in [0.29, 0.717) is 11.6 Å². The lowest BCUT2D eigenvalue weighted by Gasteiger charge is -2.17. The monoisotopic (exact) mass is 341 g/mol. The van der Waals surface area contributed by atoms with Gasteiger partial charge in [-0.15, -0.1) is 10.2 Å². The number of anilines is 1. The van der Waals surface area contributed by atoms with Crippen LogP contribution in [0.2, 0.25) is 0 Å². The summed E-state index contributed by atoms with van der Waals surface area (Å²) < 4.78 is 8.36. The number of benzene rings is 1. The summed E-state index contributed by atoms with van der Waals surface area (Å²) in [4.78, 5) is 16.3. The number of carbonyl (C=O) groups is 1. The third-order valence-corrected chi connectivity index (χ3v) is 3.44. The van der Waals surface area contributed by atoms with Crippen LogP contribution < -0.4 is 10.1 Å². The van der Waals surface area contributed by atoms with Crippen LogP contribution in [0.5, 0.6) is 5.75 Å². The number of nitrogens with one attached hydrogen (secondary N) is 1. The molecule has 0 spiro atoms. The number of nitrogens with zero attached hydrogens (tertiary/aromatic N) is 6. The molecule has 0 aliphatic rings. The van der Waals surface area contributed by atoms with Crippen molar-refractivity contribution in [2.75, 3.05) is 12.4 Å². The van der Waals surface area contributed by atoms with Crippen LogP contribution in [0.1, 0.15) is 31.4 Å². The zero-order chi connectivity index (χ0) is 18.0. The van der Waals surface area contributed by atoms with Crippen molar-refractivity contribution < 1.29 is 9.53 Å². The predicted octanol–water partition coefficient (Wildman–Crippen LogP) is 1.87. The molecule has 0 radical (unpaired) electrons. The van der Waals surface area contributed by atoms with E-state index in [-0.39, 0.29) is 11.4 Å². The molecule has 0 unspecified atom stereocenters. The minimum Gasteiger partial charge on any atom is -0.497 e. The second kappa shape index (κ2) is 6.34. The Morgan fingerprint density at radius 1 is 1.28 bits per heavy atom. The highest BCUT2D eigenvalue weighted by Crippen LogP contribution is 2.17. The topological polar surface area (TPSA) is 99.8 Å². The third kappa shape index (κ3) is 3.65. The van der Waals surface area contributed by atoms with Crippen LogP contribution in [0.15, 0.2) is 36.8 Å². The molecule has 25 heavy (non-hydrogen) atoms. The van der Waals surface area contributed by atoms with E-state index in [1.54, 1.807) is 22.7 Å². The highest BCUT2D eigenvalue weighted by atomic mass is 16.5. The summed E-state index contributed by atoms with van der Waals surface area (Å²) >= 11 is 0. The molecule has 2 heterocycles. The first kappa shape index (κ1) is 16.6. The van der Waals surface area contributed by atoms with Gasteiger partial charge in [-0.25, -0.2) is 14.3 Å². The Kier molecular flexibility index (Phi) is 4.22. The van der Waals surface area contributed by atoms with Gasteiger partial charge in [0.15, 0.2) is 5.82 Å². The van der Waals surface area contributed by atoms with Crippen molar-refractivity contribution in [1.82, 2.24) is 29.8 Å². The van der Waals surface area contributed by atoms with E-state index in [2.05, 4.69) is 25.7 Å². The van der Waals surface area contributed by atoms with E-state index in [9.17, 15) is 4.79 Å². The number of amides is 1. The standard InChI is InChI=1S/C16H19N7O2/c1-16(2,3)23-10-17-14(20-23)15(24)18-13-9-22(21-19-13)11-6-5-7-12(8-11)25-4/h5-10H,1-4H3,(H,18,24). The predicted molar refractivity (Wildman–Crippen MR) is 90.9 cm³/mol. The molecule has 0 fully saturated rings. The normalized spacial score (nSPS) is 11.4. The first-order valence-electron chi connectivity index (χ1n) is 7.67. The molecule has 1 amide bonds. The Balaban J connectivity index is 1.74. The molecule has 9 heteroatoms. The average molecular weight is 341 g/mol. The fourth-order valence-electron chi connectivity index (χ4n) is 2.06. The van der Waals surface area contributed by atoms with Gasteiger partial charge in [0.2, 0.25) is 5.82 Å². The molecule has 130 valence electrons. The Morgan fingerprint density at radius 3 is 2.76 bits per heavy atom. The smallest absolute Gasteiger partial charge is 0.296 e. The molecule has 9 nitrogen and oxygen atoms in total. The minimum absolute atomic E-state index is 0.0749. The molecule has 3 rings (SSSR count). The summed E-state index contributed by atoms with van der Waals surface area (Å²) in [5.74, 6) is 0.641. The first-order valence-corrected chi connectivity index (χ1v) is 7.67. The van der Waals surface area contributed by atoms with E-state index >= 15 is 0 Å².